The molecule has 9 nitrogen and oxygen atoms in total. The fourth-order valence-corrected chi connectivity index (χ4v) is 8.97. The van der Waals surface area contributed by atoms with Gasteiger partial charge in [0.05, 0.1) is 13.7 Å². The predicted octanol–water partition coefficient (Wildman–Crippen LogP) is 8.02. The normalized spacial score (nSPS) is 25.8. The first-order valence-corrected chi connectivity index (χ1v) is 18.0. The molecule has 3 aliphatic carbocycles. The van der Waals surface area contributed by atoms with Gasteiger partial charge in [-0.05, 0) is 128 Å². The monoisotopic (exact) mass is 681 g/mol. The zero-order valence-corrected chi connectivity index (χ0v) is 28.8. The molecule has 1 aromatic heterocycles. The van der Waals surface area contributed by atoms with E-state index < -0.39 is 13.8 Å². The standard InChI is InChI=1S/C36H42ClN2O7P/c1-22(21-45-31-10-15-38-29-9-4-6-23(2)33(29)31)16-25-17-24-18-32(46-47(42)43)30(40)20-28(24)35(25)11-13-36(14-12-35,34(41)44-3)39-27-8-5-7-26(37)19-27/h5,7-8,10,15,18-20,22-23,25,39H,4,6,9,11-14,16-17,21H2,1-3H3,(H-,40,42,43)/p+1/t22-,23-,25+,35?,36?/m1/s1. The number of carbonyl (C=O) groups excluding carboxylic acids is 1. The van der Waals surface area contributed by atoms with Crippen LogP contribution >= 0.6 is 19.9 Å². The van der Waals surface area contributed by atoms with Gasteiger partial charge in [-0.1, -0.05) is 31.5 Å². The molecule has 1 saturated carbocycles. The van der Waals surface area contributed by atoms with Gasteiger partial charge in [0.1, 0.15) is 11.3 Å². The number of hydrogen-bond donors (Lipinski definition) is 3. The number of methoxy groups -OCH3 is 1. The highest BCUT2D eigenvalue weighted by molar-refractivity contribution is 7.32. The smallest absolute Gasteiger partial charge is 0.504 e. The van der Waals surface area contributed by atoms with Crippen LogP contribution < -0.4 is 14.6 Å². The lowest BCUT2D eigenvalue weighted by Crippen LogP contribution is -2.53. The molecule has 0 saturated heterocycles. The number of hydrogen-bond acceptors (Lipinski definition) is 8. The summed E-state index contributed by atoms with van der Waals surface area (Å²) in [5, 5.41) is 14.9. The minimum absolute atomic E-state index is 0.00142. The number of aryl methyl sites for hydroxylation is 1. The molecule has 3 aliphatic rings. The molecule has 4 atom stereocenters. The third-order valence-electron chi connectivity index (χ3n) is 10.7. The van der Waals surface area contributed by atoms with Gasteiger partial charge in [0, 0.05) is 32.7 Å². The minimum atomic E-state index is -2.93. The zero-order valence-electron chi connectivity index (χ0n) is 27.1. The number of aromatic nitrogens is 1. The zero-order chi connectivity index (χ0) is 33.3. The number of ether oxygens (including phenoxy) is 2. The van der Waals surface area contributed by atoms with Gasteiger partial charge in [0.15, 0.2) is 5.75 Å². The highest BCUT2D eigenvalue weighted by Crippen LogP contribution is 2.58. The van der Waals surface area contributed by atoms with Crippen LogP contribution in [-0.4, -0.2) is 40.2 Å². The largest absolute Gasteiger partial charge is 0.747 e. The van der Waals surface area contributed by atoms with Crippen molar-refractivity contribution < 1.29 is 33.4 Å². The van der Waals surface area contributed by atoms with Crippen LogP contribution in [0.15, 0.2) is 48.7 Å². The van der Waals surface area contributed by atoms with Crippen molar-refractivity contribution in [1.29, 1.82) is 0 Å². The van der Waals surface area contributed by atoms with E-state index in [0.717, 1.165) is 53.9 Å². The molecule has 1 fully saturated rings. The molecule has 1 spiro atoms. The maximum absolute atomic E-state index is 13.4. The summed E-state index contributed by atoms with van der Waals surface area (Å²) in [4.78, 5) is 27.4. The summed E-state index contributed by atoms with van der Waals surface area (Å²) in [5.41, 5.74) is 3.84. The van der Waals surface area contributed by atoms with E-state index in [2.05, 4.69) is 24.1 Å². The topological polar surface area (TPSA) is 127 Å². The summed E-state index contributed by atoms with van der Waals surface area (Å²) >= 11 is 6.27. The maximum Gasteiger partial charge on any atom is 0.747 e. The molecule has 0 aliphatic heterocycles. The number of carbonyl (C=O) groups is 1. The lowest BCUT2D eigenvalue weighted by molar-refractivity contribution is -0.148. The van der Waals surface area contributed by atoms with Crippen LogP contribution in [0.3, 0.4) is 0 Å². The van der Waals surface area contributed by atoms with E-state index in [1.54, 1.807) is 24.3 Å². The van der Waals surface area contributed by atoms with Gasteiger partial charge in [0.2, 0.25) is 5.75 Å². The van der Waals surface area contributed by atoms with Gasteiger partial charge in [-0.25, -0.2) is 9.32 Å². The summed E-state index contributed by atoms with van der Waals surface area (Å²) < 4.78 is 28.4. The molecule has 1 unspecified atom stereocenters. The van der Waals surface area contributed by atoms with Gasteiger partial charge < -0.3 is 19.9 Å². The number of pyridine rings is 1. The van der Waals surface area contributed by atoms with Crippen LogP contribution in [0.5, 0.6) is 17.2 Å². The molecule has 1 heterocycles. The Labute approximate surface area is 282 Å². The van der Waals surface area contributed by atoms with Gasteiger partial charge in [-0.3, -0.25) is 4.98 Å². The van der Waals surface area contributed by atoms with E-state index in [0.29, 0.717) is 49.7 Å². The first-order chi connectivity index (χ1) is 22.5. The fourth-order valence-electron chi connectivity index (χ4n) is 8.46. The van der Waals surface area contributed by atoms with E-state index in [-0.39, 0.29) is 34.7 Å². The quantitative estimate of drug-likeness (QED) is 0.144. The lowest BCUT2D eigenvalue weighted by atomic mass is 9.59. The second-order valence-electron chi connectivity index (χ2n) is 13.7. The summed E-state index contributed by atoms with van der Waals surface area (Å²) in [6.45, 7) is 5.01. The van der Waals surface area contributed by atoms with Crippen molar-refractivity contribution in [2.24, 2.45) is 11.8 Å². The van der Waals surface area contributed by atoms with Crippen LogP contribution in [-0.2, 0) is 32.4 Å². The van der Waals surface area contributed by atoms with Crippen molar-refractivity contribution in [2.75, 3.05) is 19.0 Å². The van der Waals surface area contributed by atoms with Crippen LogP contribution in [0.1, 0.15) is 87.1 Å². The minimum Gasteiger partial charge on any atom is -0.504 e. The Morgan fingerprint density at radius 1 is 1.17 bits per heavy atom. The van der Waals surface area contributed by atoms with Gasteiger partial charge >= 0.3 is 14.2 Å². The molecule has 47 heavy (non-hydrogen) atoms. The van der Waals surface area contributed by atoms with Gasteiger partial charge in [-0.2, -0.15) is 0 Å². The molecule has 3 N–H and O–H groups in total. The number of aromatic hydroxyl groups is 1. The summed E-state index contributed by atoms with van der Waals surface area (Å²) in [6, 6.07) is 12.7. The number of fused-ring (bicyclic) bond motifs is 3. The van der Waals surface area contributed by atoms with Crippen LogP contribution in [0.2, 0.25) is 5.02 Å². The molecule has 3 aromatic rings. The highest BCUT2D eigenvalue weighted by Gasteiger charge is 2.55. The first kappa shape index (κ1) is 33.5. The van der Waals surface area contributed by atoms with Crippen molar-refractivity contribution in [3.63, 3.8) is 0 Å². The van der Waals surface area contributed by atoms with Crippen molar-refractivity contribution in [3.8, 4) is 17.2 Å². The molecule has 0 amide bonds. The Kier molecular flexibility index (Phi) is 9.71. The van der Waals surface area contributed by atoms with Crippen molar-refractivity contribution in [2.45, 2.75) is 88.5 Å². The molecule has 11 heteroatoms. The van der Waals surface area contributed by atoms with E-state index in [4.69, 9.17) is 25.6 Å². The third-order valence-corrected chi connectivity index (χ3v) is 11.3. The molecular formula is C36H43ClN2O7P+. The summed E-state index contributed by atoms with van der Waals surface area (Å²) in [6.07, 6.45) is 9.04. The summed E-state index contributed by atoms with van der Waals surface area (Å²) in [7, 11) is -1.52. The molecule has 6 rings (SSSR count). The highest BCUT2D eigenvalue weighted by atomic mass is 35.5. The van der Waals surface area contributed by atoms with E-state index in [1.807, 2.05) is 24.4 Å². The SMILES string of the molecule is COC(=O)C1(Nc2cccc(Cl)c2)CCC2(CC1)c1cc(O)c(O[P+](=O)O)cc1C[C@@H]2C[C@@H](C)COc1ccnc2c1[C@H](C)CCC2. The molecule has 0 radical (unpaired) electrons. The number of halogens is 1. The average Bonchev–Trinajstić information content (AvgIpc) is 3.31. The fraction of sp³-hybridized carbons (Fsp3) is 0.500. The first-order valence-electron chi connectivity index (χ1n) is 16.5. The predicted molar refractivity (Wildman–Crippen MR) is 181 cm³/mol. The Morgan fingerprint density at radius 3 is 2.68 bits per heavy atom. The maximum atomic E-state index is 13.4. The number of esters is 1. The van der Waals surface area contributed by atoms with Crippen LogP contribution in [0.4, 0.5) is 5.69 Å². The number of rotatable bonds is 10. The lowest BCUT2D eigenvalue weighted by Gasteiger charge is -2.47. The summed E-state index contributed by atoms with van der Waals surface area (Å²) in [5.74, 6) is 1.24. The number of anilines is 1. The van der Waals surface area contributed by atoms with Crippen LogP contribution in [0.25, 0.3) is 0 Å². The van der Waals surface area contributed by atoms with E-state index in [9.17, 15) is 19.4 Å². The van der Waals surface area contributed by atoms with Crippen molar-refractivity contribution >= 4 is 31.5 Å². The molecular weight excluding hydrogens is 639 g/mol. The second kappa shape index (κ2) is 13.6. The molecule has 0 bridgehead atoms. The van der Waals surface area contributed by atoms with E-state index in [1.165, 1.54) is 12.7 Å². The Bertz CT molecular complexity index is 1660. The van der Waals surface area contributed by atoms with Crippen molar-refractivity contribution in [3.05, 3.63) is 76.1 Å². The number of phenols is 1. The number of nitrogens with one attached hydrogen (secondary N) is 1. The molecule has 250 valence electrons. The van der Waals surface area contributed by atoms with Gasteiger partial charge in [0.25, 0.3) is 0 Å². The Balaban J connectivity index is 1.27. The van der Waals surface area contributed by atoms with Crippen molar-refractivity contribution in [1.82, 2.24) is 4.98 Å². The van der Waals surface area contributed by atoms with Crippen LogP contribution in [0, 0.1) is 11.8 Å². The number of benzene rings is 2. The van der Waals surface area contributed by atoms with Gasteiger partial charge in [-0.15, -0.1) is 4.89 Å². The second-order valence-corrected chi connectivity index (χ2v) is 14.8. The number of nitrogens with zero attached hydrogens (tertiary/aromatic N) is 1. The van der Waals surface area contributed by atoms with E-state index >= 15 is 0 Å². The molecule has 2 aromatic carbocycles. The Hall–Kier alpha value is -3.39. The third kappa shape index (κ3) is 6.67. The number of phenolic OH excluding ortho intramolecular Hbond substituents is 1. The Morgan fingerprint density at radius 2 is 1.96 bits per heavy atom. The average molecular weight is 682 g/mol.